The smallest absolute Gasteiger partial charge is 0.309 e. The van der Waals surface area contributed by atoms with E-state index in [0.29, 0.717) is 22.0 Å². The summed E-state index contributed by atoms with van der Waals surface area (Å²) < 4.78 is 50.6. The summed E-state index contributed by atoms with van der Waals surface area (Å²) in [4.78, 5) is 12.3. The Balaban J connectivity index is 1.73. The van der Waals surface area contributed by atoms with Crippen LogP contribution in [0.3, 0.4) is 0 Å². The predicted molar refractivity (Wildman–Crippen MR) is 120 cm³/mol. The molecule has 2 aromatic carbocycles. The van der Waals surface area contributed by atoms with Gasteiger partial charge in [-0.1, -0.05) is 23.7 Å². The number of hydrogen-bond donors (Lipinski definition) is 1. The number of ether oxygens (including phenoxy) is 1. The Bertz CT molecular complexity index is 1300. The first-order valence-electron chi connectivity index (χ1n) is 9.33. The summed E-state index contributed by atoms with van der Waals surface area (Å²) in [5, 5.41) is 0.871. The number of methoxy groups -OCH3 is 1. The molecule has 0 unspecified atom stereocenters. The van der Waals surface area contributed by atoms with Gasteiger partial charge < -0.3 is 9.46 Å². The molecule has 0 atom stereocenters. The van der Waals surface area contributed by atoms with E-state index in [4.69, 9.17) is 16.3 Å². The highest BCUT2D eigenvalue weighted by Crippen LogP contribution is 2.38. The molecular formula is C22H16ClF3N4OS. The molecule has 4 aromatic rings. The van der Waals surface area contributed by atoms with E-state index < -0.39 is 17.6 Å². The van der Waals surface area contributed by atoms with Crippen LogP contribution in [-0.4, -0.2) is 22.1 Å². The standard InChI is InChI=1S/C22H16ClF3N4OS/c1-22(25,26)15-10-12(9-13-11-27-21(24)29-19(13)15)14-7-8-18(28-20(14)31-2)30-32-17-6-4-3-5-16(17)23/h3-11H,1-2H3,(H,28,30). The van der Waals surface area contributed by atoms with Gasteiger partial charge in [0.2, 0.25) is 5.88 Å². The van der Waals surface area contributed by atoms with Gasteiger partial charge in [0.05, 0.1) is 17.6 Å². The third-order valence-electron chi connectivity index (χ3n) is 4.59. The van der Waals surface area contributed by atoms with Crippen LogP contribution < -0.4 is 9.46 Å². The number of pyridine rings is 1. The largest absolute Gasteiger partial charge is 0.480 e. The van der Waals surface area contributed by atoms with E-state index in [1.54, 1.807) is 24.3 Å². The van der Waals surface area contributed by atoms with Crippen molar-refractivity contribution in [1.82, 2.24) is 15.0 Å². The summed E-state index contributed by atoms with van der Waals surface area (Å²) in [6.45, 7) is 0.736. The molecule has 0 spiro atoms. The van der Waals surface area contributed by atoms with Gasteiger partial charge in [-0.3, -0.25) is 0 Å². The minimum atomic E-state index is -3.25. The quantitative estimate of drug-likeness (QED) is 0.246. The lowest BCUT2D eigenvalue weighted by Gasteiger charge is -2.16. The minimum absolute atomic E-state index is 0.143. The van der Waals surface area contributed by atoms with Gasteiger partial charge in [0.1, 0.15) is 5.82 Å². The first-order chi connectivity index (χ1) is 15.3. The van der Waals surface area contributed by atoms with Gasteiger partial charge in [-0.05, 0) is 53.9 Å². The Hall–Kier alpha value is -3.04. The molecule has 5 nitrogen and oxygen atoms in total. The molecule has 1 N–H and O–H groups in total. The molecule has 0 aliphatic rings. The van der Waals surface area contributed by atoms with Crippen molar-refractivity contribution in [2.45, 2.75) is 17.7 Å². The normalized spacial score (nSPS) is 11.6. The Morgan fingerprint density at radius 1 is 1.09 bits per heavy atom. The number of benzene rings is 2. The molecule has 0 aliphatic carbocycles. The number of alkyl halides is 2. The Morgan fingerprint density at radius 3 is 2.59 bits per heavy atom. The second kappa shape index (κ2) is 8.84. The lowest BCUT2D eigenvalue weighted by Crippen LogP contribution is -2.10. The molecule has 0 aliphatic heterocycles. The van der Waals surface area contributed by atoms with Gasteiger partial charge in [-0.25, -0.2) is 18.7 Å². The molecule has 164 valence electrons. The molecule has 0 fully saturated rings. The second-order valence-corrected chi connectivity index (χ2v) is 8.13. The molecule has 0 radical (unpaired) electrons. The average molecular weight is 477 g/mol. The number of fused-ring (bicyclic) bond motifs is 1. The SMILES string of the molecule is COc1nc(NSc2ccccc2Cl)ccc1-c1cc(C(C)(F)F)c2nc(F)ncc2c1. The zero-order valence-corrected chi connectivity index (χ0v) is 18.4. The molecular weight excluding hydrogens is 461 g/mol. The fourth-order valence-electron chi connectivity index (χ4n) is 3.12. The first-order valence-corrected chi connectivity index (χ1v) is 10.5. The Morgan fingerprint density at radius 2 is 1.88 bits per heavy atom. The van der Waals surface area contributed by atoms with Crippen molar-refractivity contribution >= 4 is 40.3 Å². The lowest BCUT2D eigenvalue weighted by molar-refractivity contribution is 0.0189. The van der Waals surface area contributed by atoms with Crippen LogP contribution in [-0.2, 0) is 5.92 Å². The third-order valence-corrected chi connectivity index (χ3v) is 5.92. The van der Waals surface area contributed by atoms with Gasteiger partial charge in [0.15, 0.2) is 0 Å². The minimum Gasteiger partial charge on any atom is -0.480 e. The van der Waals surface area contributed by atoms with Gasteiger partial charge in [0, 0.05) is 34.5 Å². The molecule has 0 bridgehead atoms. The number of nitrogens with zero attached hydrogens (tertiary/aromatic N) is 3. The van der Waals surface area contributed by atoms with Crippen LogP contribution in [0, 0.1) is 6.08 Å². The fourth-order valence-corrected chi connectivity index (χ4v) is 4.01. The van der Waals surface area contributed by atoms with Crippen molar-refractivity contribution in [2.75, 3.05) is 11.8 Å². The van der Waals surface area contributed by atoms with E-state index >= 15 is 0 Å². The highest BCUT2D eigenvalue weighted by Gasteiger charge is 2.29. The van der Waals surface area contributed by atoms with Crippen LogP contribution >= 0.6 is 23.5 Å². The maximum Gasteiger partial charge on any atom is 0.309 e. The number of aromatic nitrogens is 3. The predicted octanol–water partition coefficient (Wildman–Crippen LogP) is 6.72. The number of anilines is 1. The molecule has 2 heterocycles. The second-order valence-electron chi connectivity index (χ2n) is 6.88. The van der Waals surface area contributed by atoms with Gasteiger partial charge in [0.25, 0.3) is 5.92 Å². The van der Waals surface area contributed by atoms with Crippen molar-refractivity contribution in [3.05, 3.63) is 71.4 Å². The Labute approximate surface area is 191 Å². The summed E-state index contributed by atoms with van der Waals surface area (Å²) in [7, 11) is 1.44. The van der Waals surface area contributed by atoms with Crippen molar-refractivity contribution in [1.29, 1.82) is 0 Å². The van der Waals surface area contributed by atoms with Crippen LogP contribution in [0.15, 0.2) is 59.6 Å². The molecule has 2 aromatic heterocycles. The van der Waals surface area contributed by atoms with Gasteiger partial charge in [-0.15, -0.1) is 0 Å². The van der Waals surface area contributed by atoms with Crippen molar-refractivity contribution in [3.8, 4) is 17.0 Å². The summed E-state index contributed by atoms with van der Waals surface area (Å²) in [6.07, 6.45) is 0.105. The van der Waals surface area contributed by atoms with Crippen molar-refractivity contribution in [2.24, 2.45) is 0 Å². The molecule has 32 heavy (non-hydrogen) atoms. The fraction of sp³-hybridized carbons (Fsp3) is 0.136. The van der Waals surface area contributed by atoms with E-state index in [1.807, 2.05) is 18.2 Å². The van der Waals surface area contributed by atoms with E-state index in [-0.39, 0.29) is 16.8 Å². The molecule has 0 amide bonds. The number of halogens is 4. The molecule has 0 saturated heterocycles. The third kappa shape index (κ3) is 4.58. The molecule has 10 heteroatoms. The average Bonchev–Trinajstić information content (AvgIpc) is 2.77. The van der Waals surface area contributed by atoms with E-state index in [9.17, 15) is 13.2 Å². The monoisotopic (exact) mass is 476 g/mol. The van der Waals surface area contributed by atoms with Crippen LogP contribution in [0.4, 0.5) is 19.0 Å². The van der Waals surface area contributed by atoms with Crippen molar-refractivity contribution in [3.63, 3.8) is 0 Å². The summed E-state index contributed by atoms with van der Waals surface area (Å²) in [5.41, 5.74) is 0.344. The van der Waals surface area contributed by atoms with Crippen molar-refractivity contribution < 1.29 is 17.9 Å². The summed E-state index contributed by atoms with van der Waals surface area (Å²) >= 11 is 7.44. The maximum atomic E-state index is 14.3. The molecule has 0 saturated carbocycles. The zero-order chi connectivity index (χ0) is 22.9. The summed E-state index contributed by atoms with van der Waals surface area (Å²) in [5.74, 6) is -2.53. The van der Waals surface area contributed by atoms with Gasteiger partial charge in [-0.2, -0.15) is 9.37 Å². The van der Waals surface area contributed by atoms with Crippen LogP contribution in [0.2, 0.25) is 5.02 Å². The number of rotatable bonds is 6. The Kier molecular flexibility index (Phi) is 6.12. The number of nitrogens with one attached hydrogen (secondary N) is 1. The van der Waals surface area contributed by atoms with Crippen LogP contribution in [0.1, 0.15) is 12.5 Å². The maximum absolute atomic E-state index is 14.3. The number of hydrogen-bond acceptors (Lipinski definition) is 6. The van der Waals surface area contributed by atoms with Gasteiger partial charge >= 0.3 is 6.08 Å². The first kappa shape index (κ1) is 22.2. The van der Waals surface area contributed by atoms with Crippen LogP contribution in [0.25, 0.3) is 22.0 Å². The summed E-state index contributed by atoms with van der Waals surface area (Å²) in [6, 6.07) is 13.6. The lowest BCUT2D eigenvalue weighted by atomic mass is 9.98. The zero-order valence-electron chi connectivity index (χ0n) is 16.9. The highest BCUT2D eigenvalue weighted by molar-refractivity contribution is 8.00. The van der Waals surface area contributed by atoms with E-state index in [2.05, 4.69) is 19.7 Å². The van der Waals surface area contributed by atoms with E-state index in [0.717, 1.165) is 11.8 Å². The van der Waals surface area contributed by atoms with Crippen LogP contribution in [0.5, 0.6) is 5.88 Å². The highest BCUT2D eigenvalue weighted by atomic mass is 35.5. The topological polar surface area (TPSA) is 59.9 Å². The van der Waals surface area contributed by atoms with E-state index in [1.165, 1.54) is 31.3 Å². The molecule has 4 rings (SSSR count).